The van der Waals surface area contributed by atoms with Crippen molar-refractivity contribution in [3.63, 3.8) is 0 Å². The Morgan fingerprint density at radius 2 is 1.71 bits per heavy atom. The number of rotatable bonds is 7. The summed E-state index contributed by atoms with van der Waals surface area (Å²) in [6.07, 6.45) is 0.741. The second-order valence-corrected chi connectivity index (χ2v) is 7.95. The van der Waals surface area contributed by atoms with Gasteiger partial charge >= 0.3 is 0 Å². The van der Waals surface area contributed by atoms with Gasteiger partial charge in [0.05, 0.1) is 32.9 Å². The lowest BCUT2D eigenvalue weighted by Crippen LogP contribution is -2.42. The molecule has 1 unspecified atom stereocenters. The molecule has 7 heteroatoms. The van der Waals surface area contributed by atoms with Crippen LogP contribution in [0.5, 0.6) is 23.0 Å². The summed E-state index contributed by atoms with van der Waals surface area (Å²) in [6, 6.07) is 13.0. The van der Waals surface area contributed by atoms with E-state index >= 15 is 0 Å². The smallest absolute Gasteiger partial charge is 0.255 e. The summed E-state index contributed by atoms with van der Waals surface area (Å²) in [5, 5.41) is 3.80. The minimum absolute atomic E-state index is 0.00464. The summed E-state index contributed by atoms with van der Waals surface area (Å²) in [6.45, 7) is 0.929. The van der Waals surface area contributed by atoms with Crippen LogP contribution in [0.25, 0.3) is 0 Å². The van der Waals surface area contributed by atoms with Gasteiger partial charge in [0.1, 0.15) is 18.1 Å². The number of benzene rings is 2. The van der Waals surface area contributed by atoms with E-state index in [2.05, 4.69) is 0 Å². The van der Waals surface area contributed by atoms with Gasteiger partial charge in [0, 0.05) is 11.9 Å². The van der Waals surface area contributed by atoms with Crippen molar-refractivity contribution in [2.45, 2.75) is 12.5 Å². The van der Waals surface area contributed by atoms with Crippen LogP contribution in [0.1, 0.15) is 27.5 Å². The summed E-state index contributed by atoms with van der Waals surface area (Å²) < 4.78 is 22.3. The molecule has 0 bridgehead atoms. The highest BCUT2D eigenvalue weighted by atomic mass is 32.1. The number of hydrogen-bond acceptors (Lipinski definition) is 6. The molecular weight excluding hydrogens is 414 g/mol. The maximum atomic E-state index is 13.3. The fraction of sp³-hybridized carbons (Fsp3) is 0.292. The average molecular weight is 440 g/mol. The lowest BCUT2D eigenvalue weighted by Gasteiger charge is -2.37. The van der Waals surface area contributed by atoms with E-state index in [0.29, 0.717) is 30.2 Å². The first-order valence-electron chi connectivity index (χ1n) is 9.99. The molecule has 1 aliphatic heterocycles. The van der Waals surface area contributed by atoms with Crippen molar-refractivity contribution >= 4 is 17.2 Å². The minimum Gasteiger partial charge on any atom is -0.497 e. The second kappa shape index (κ2) is 9.31. The van der Waals surface area contributed by atoms with Gasteiger partial charge in [0.15, 0.2) is 11.5 Å². The number of fused-ring (bicyclic) bond motifs is 1. The van der Waals surface area contributed by atoms with Gasteiger partial charge in [0.25, 0.3) is 5.91 Å². The van der Waals surface area contributed by atoms with E-state index in [9.17, 15) is 4.79 Å². The maximum Gasteiger partial charge on any atom is 0.255 e. The van der Waals surface area contributed by atoms with Crippen LogP contribution in [-0.2, 0) is 6.42 Å². The van der Waals surface area contributed by atoms with E-state index in [-0.39, 0.29) is 11.9 Å². The standard InChI is InChI=1S/C24H25NO5S/c1-27-18-4-6-19(7-5-18)30-14-21-20-13-23(29-3)22(28-2)12-16(20)8-10-25(21)24(26)17-9-11-31-15-17/h4-7,9,11-13,15,21H,8,10,14H2,1-3H3. The molecule has 4 rings (SSSR count). The summed E-state index contributed by atoms with van der Waals surface area (Å²) in [7, 11) is 4.87. The van der Waals surface area contributed by atoms with E-state index in [1.165, 1.54) is 11.3 Å². The van der Waals surface area contributed by atoms with Crippen molar-refractivity contribution in [3.8, 4) is 23.0 Å². The Hall–Kier alpha value is -3.19. The maximum absolute atomic E-state index is 13.3. The van der Waals surface area contributed by atoms with Crippen LogP contribution in [0.2, 0.25) is 0 Å². The quantitative estimate of drug-likeness (QED) is 0.539. The van der Waals surface area contributed by atoms with Crippen LogP contribution < -0.4 is 18.9 Å². The first-order chi connectivity index (χ1) is 15.1. The Kier molecular flexibility index (Phi) is 6.32. The molecule has 1 aromatic heterocycles. The summed E-state index contributed by atoms with van der Waals surface area (Å²) in [4.78, 5) is 15.1. The molecule has 0 radical (unpaired) electrons. The van der Waals surface area contributed by atoms with Crippen molar-refractivity contribution in [1.29, 1.82) is 0 Å². The van der Waals surface area contributed by atoms with Crippen LogP contribution in [0.4, 0.5) is 0 Å². The highest BCUT2D eigenvalue weighted by molar-refractivity contribution is 7.08. The topological polar surface area (TPSA) is 57.2 Å². The number of thiophene rings is 1. The lowest BCUT2D eigenvalue weighted by atomic mass is 9.91. The first-order valence-corrected chi connectivity index (χ1v) is 10.9. The van der Waals surface area contributed by atoms with Crippen LogP contribution in [0, 0.1) is 0 Å². The fourth-order valence-electron chi connectivity index (χ4n) is 3.85. The molecule has 0 spiro atoms. The third kappa shape index (κ3) is 4.32. The van der Waals surface area contributed by atoms with Crippen molar-refractivity contribution < 1.29 is 23.7 Å². The van der Waals surface area contributed by atoms with Gasteiger partial charge < -0.3 is 23.8 Å². The van der Waals surface area contributed by atoms with Crippen LogP contribution in [0.3, 0.4) is 0 Å². The van der Waals surface area contributed by atoms with Gasteiger partial charge in [-0.15, -0.1) is 0 Å². The van der Waals surface area contributed by atoms with Gasteiger partial charge in [0.2, 0.25) is 0 Å². The monoisotopic (exact) mass is 439 g/mol. The Labute approximate surface area is 185 Å². The van der Waals surface area contributed by atoms with Crippen LogP contribution >= 0.6 is 11.3 Å². The van der Waals surface area contributed by atoms with E-state index in [1.807, 2.05) is 58.1 Å². The highest BCUT2D eigenvalue weighted by Crippen LogP contribution is 2.39. The molecule has 0 fully saturated rings. The molecule has 6 nitrogen and oxygen atoms in total. The third-order valence-corrected chi connectivity index (χ3v) is 6.18. The molecule has 0 aliphatic carbocycles. The Balaban J connectivity index is 1.67. The van der Waals surface area contributed by atoms with Gasteiger partial charge in [-0.3, -0.25) is 4.79 Å². The van der Waals surface area contributed by atoms with E-state index in [1.54, 1.807) is 21.3 Å². The number of amides is 1. The predicted octanol–water partition coefficient (Wildman–Crippen LogP) is 4.59. The second-order valence-electron chi connectivity index (χ2n) is 7.17. The van der Waals surface area contributed by atoms with E-state index in [0.717, 1.165) is 29.0 Å². The molecule has 3 aromatic rings. The molecule has 0 saturated carbocycles. The molecular formula is C24H25NO5S. The molecule has 31 heavy (non-hydrogen) atoms. The Morgan fingerprint density at radius 3 is 2.35 bits per heavy atom. The molecule has 0 saturated heterocycles. The van der Waals surface area contributed by atoms with Crippen molar-refractivity contribution in [1.82, 2.24) is 4.90 Å². The van der Waals surface area contributed by atoms with Crippen LogP contribution in [0.15, 0.2) is 53.2 Å². The predicted molar refractivity (Wildman–Crippen MR) is 120 cm³/mol. The minimum atomic E-state index is -0.252. The van der Waals surface area contributed by atoms with E-state index < -0.39 is 0 Å². The summed E-state index contributed by atoms with van der Waals surface area (Å²) in [5.74, 6) is 2.82. The van der Waals surface area contributed by atoms with Crippen molar-refractivity contribution in [2.24, 2.45) is 0 Å². The SMILES string of the molecule is COc1ccc(OCC2c3cc(OC)c(OC)cc3CCN2C(=O)c2ccsc2)cc1. The molecule has 1 amide bonds. The van der Waals surface area contributed by atoms with Crippen molar-refractivity contribution in [2.75, 3.05) is 34.5 Å². The normalized spacial score (nSPS) is 15.2. The molecule has 1 aliphatic rings. The van der Waals surface area contributed by atoms with Crippen LogP contribution in [-0.4, -0.2) is 45.3 Å². The molecule has 2 heterocycles. The Bertz CT molecular complexity index is 1030. The van der Waals surface area contributed by atoms with Gasteiger partial charge in [-0.05, 0) is 65.4 Å². The lowest BCUT2D eigenvalue weighted by molar-refractivity contribution is 0.0590. The van der Waals surface area contributed by atoms with Gasteiger partial charge in [-0.1, -0.05) is 0 Å². The summed E-state index contributed by atoms with van der Waals surface area (Å²) in [5.41, 5.74) is 2.85. The number of methoxy groups -OCH3 is 3. The average Bonchev–Trinajstić information content (AvgIpc) is 3.36. The first kappa shape index (κ1) is 21.1. The number of carbonyl (C=O) groups excluding carboxylic acids is 1. The summed E-state index contributed by atoms with van der Waals surface area (Å²) >= 11 is 1.52. The molecule has 162 valence electrons. The van der Waals surface area contributed by atoms with Gasteiger partial charge in [-0.2, -0.15) is 11.3 Å². The number of hydrogen-bond donors (Lipinski definition) is 0. The molecule has 0 N–H and O–H groups in total. The number of nitrogens with zero attached hydrogens (tertiary/aromatic N) is 1. The molecule has 1 atom stereocenters. The number of ether oxygens (including phenoxy) is 4. The third-order valence-electron chi connectivity index (χ3n) is 5.50. The Morgan fingerprint density at radius 1 is 1.00 bits per heavy atom. The fourth-order valence-corrected chi connectivity index (χ4v) is 4.48. The largest absolute Gasteiger partial charge is 0.497 e. The zero-order valence-corrected chi connectivity index (χ0v) is 18.6. The van der Waals surface area contributed by atoms with Gasteiger partial charge in [-0.25, -0.2) is 0 Å². The zero-order valence-electron chi connectivity index (χ0n) is 17.8. The van der Waals surface area contributed by atoms with Crippen molar-refractivity contribution in [3.05, 3.63) is 69.9 Å². The number of carbonyl (C=O) groups is 1. The zero-order chi connectivity index (χ0) is 21.8. The molecule has 2 aromatic carbocycles. The van der Waals surface area contributed by atoms with E-state index in [4.69, 9.17) is 18.9 Å². The highest BCUT2D eigenvalue weighted by Gasteiger charge is 2.33.